The van der Waals surface area contributed by atoms with Crippen LogP contribution in [0.5, 0.6) is 0 Å². The first-order valence-corrected chi connectivity index (χ1v) is 6.29. The lowest BCUT2D eigenvalue weighted by atomic mass is 10.0. The molecule has 0 aliphatic carbocycles. The second-order valence-electron chi connectivity index (χ2n) is 4.07. The van der Waals surface area contributed by atoms with Crippen molar-refractivity contribution < 1.29 is 8.81 Å². The largest absolute Gasteiger partial charge is 0.469 e. The van der Waals surface area contributed by atoms with Gasteiger partial charge in [-0.3, -0.25) is 0 Å². The van der Waals surface area contributed by atoms with Crippen LogP contribution < -0.4 is 5.32 Å². The Morgan fingerprint density at radius 3 is 2.83 bits per heavy atom. The van der Waals surface area contributed by atoms with Crippen LogP contribution in [0, 0.1) is 5.82 Å². The van der Waals surface area contributed by atoms with Gasteiger partial charge in [0.2, 0.25) is 0 Å². The second-order valence-corrected chi connectivity index (χ2v) is 4.47. The Labute approximate surface area is 111 Å². The van der Waals surface area contributed by atoms with Crippen LogP contribution >= 0.6 is 11.6 Å². The Kier molecular flexibility index (Phi) is 4.39. The molecule has 1 aromatic heterocycles. The van der Waals surface area contributed by atoms with E-state index in [2.05, 4.69) is 5.32 Å². The molecule has 4 heteroatoms. The van der Waals surface area contributed by atoms with Crippen molar-refractivity contribution >= 4 is 11.6 Å². The van der Waals surface area contributed by atoms with Gasteiger partial charge in [-0.25, -0.2) is 4.39 Å². The lowest BCUT2D eigenvalue weighted by Gasteiger charge is -2.17. The van der Waals surface area contributed by atoms with Gasteiger partial charge in [0.1, 0.15) is 11.6 Å². The highest BCUT2D eigenvalue weighted by Gasteiger charge is 2.14. The average molecular weight is 268 g/mol. The van der Waals surface area contributed by atoms with E-state index in [4.69, 9.17) is 16.0 Å². The van der Waals surface area contributed by atoms with E-state index in [1.165, 1.54) is 6.07 Å². The van der Waals surface area contributed by atoms with Gasteiger partial charge in [0.15, 0.2) is 0 Å². The van der Waals surface area contributed by atoms with Crippen LogP contribution in [0.1, 0.15) is 24.3 Å². The van der Waals surface area contributed by atoms with Crippen molar-refractivity contribution in [3.05, 3.63) is 58.8 Å². The molecule has 1 N–H and O–H groups in total. The average Bonchev–Trinajstić information content (AvgIpc) is 2.85. The number of hydrogen-bond donors (Lipinski definition) is 1. The first-order valence-electron chi connectivity index (χ1n) is 5.91. The van der Waals surface area contributed by atoms with E-state index in [1.807, 2.05) is 25.1 Å². The van der Waals surface area contributed by atoms with Gasteiger partial charge >= 0.3 is 0 Å². The first-order chi connectivity index (χ1) is 8.70. The van der Waals surface area contributed by atoms with E-state index < -0.39 is 5.82 Å². The minimum atomic E-state index is -0.392. The number of hydrogen-bond acceptors (Lipinski definition) is 2. The molecule has 96 valence electrons. The Morgan fingerprint density at radius 2 is 2.22 bits per heavy atom. The van der Waals surface area contributed by atoms with Gasteiger partial charge < -0.3 is 9.73 Å². The van der Waals surface area contributed by atoms with Crippen molar-refractivity contribution in [1.82, 2.24) is 5.32 Å². The maximum Gasteiger partial charge on any atom is 0.142 e. The molecule has 0 radical (unpaired) electrons. The summed E-state index contributed by atoms with van der Waals surface area (Å²) in [6.07, 6.45) is 2.32. The van der Waals surface area contributed by atoms with Crippen molar-refractivity contribution in [3.63, 3.8) is 0 Å². The third-order valence-electron chi connectivity index (χ3n) is 2.78. The van der Waals surface area contributed by atoms with Crippen molar-refractivity contribution in [2.24, 2.45) is 0 Å². The smallest absolute Gasteiger partial charge is 0.142 e. The monoisotopic (exact) mass is 267 g/mol. The maximum absolute atomic E-state index is 13.5. The van der Waals surface area contributed by atoms with Crippen LogP contribution in [-0.4, -0.2) is 6.54 Å². The van der Waals surface area contributed by atoms with Gasteiger partial charge in [-0.05, 0) is 36.4 Å². The van der Waals surface area contributed by atoms with E-state index >= 15 is 0 Å². The summed E-state index contributed by atoms with van der Waals surface area (Å²) in [6, 6.07) is 8.67. The molecule has 18 heavy (non-hydrogen) atoms. The number of halogens is 2. The summed E-state index contributed by atoms with van der Waals surface area (Å²) in [5, 5.41) is 3.46. The molecule has 2 nitrogen and oxygen atoms in total. The molecule has 0 saturated carbocycles. The molecule has 2 aromatic rings. The molecule has 0 aliphatic heterocycles. The molecule has 1 unspecified atom stereocenters. The predicted molar refractivity (Wildman–Crippen MR) is 70.2 cm³/mol. The molecule has 1 aromatic carbocycles. The van der Waals surface area contributed by atoms with Crippen LogP contribution in [0.4, 0.5) is 4.39 Å². The highest BCUT2D eigenvalue weighted by Crippen LogP contribution is 2.23. The topological polar surface area (TPSA) is 25.2 Å². The van der Waals surface area contributed by atoms with Crippen LogP contribution in [0.3, 0.4) is 0 Å². The fourth-order valence-corrected chi connectivity index (χ4v) is 2.03. The first kappa shape index (κ1) is 13.1. The normalized spacial score (nSPS) is 12.6. The SMILES string of the molecule is CCNC(Cc1ccco1)c1ccc(Cl)c(F)c1. The quantitative estimate of drug-likeness (QED) is 0.887. The number of rotatable bonds is 5. The summed E-state index contributed by atoms with van der Waals surface area (Å²) in [5.74, 6) is 0.479. The standard InChI is InChI=1S/C14H15ClFNO/c1-2-17-14(9-11-4-3-7-18-11)10-5-6-12(15)13(16)8-10/h3-8,14,17H,2,9H2,1H3. The van der Waals surface area contributed by atoms with Gasteiger partial charge in [0.25, 0.3) is 0 Å². The molecule has 1 heterocycles. The van der Waals surface area contributed by atoms with Crippen LogP contribution in [0.2, 0.25) is 5.02 Å². The second kappa shape index (κ2) is 6.03. The summed E-state index contributed by atoms with van der Waals surface area (Å²) in [5.41, 5.74) is 0.871. The van der Waals surface area contributed by atoms with Gasteiger partial charge in [-0.15, -0.1) is 0 Å². The molecule has 0 amide bonds. The lowest BCUT2D eigenvalue weighted by molar-refractivity contribution is 0.453. The van der Waals surface area contributed by atoms with Gasteiger partial charge in [-0.1, -0.05) is 24.6 Å². The van der Waals surface area contributed by atoms with Crippen LogP contribution in [-0.2, 0) is 6.42 Å². The Hall–Kier alpha value is -1.32. The molecule has 1 atom stereocenters. The Bertz CT molecular complexity index is 499. The van der Waals surface area contributed by atoms with Crippen molar-refractivity contribution in [2.45, 2.75) is 19.4 Å². The molecule has 0 bridgehead atoms. The zero-order chi connectivity index (χ0) is 13.0. The number of furan rings is 1. The zero-order valence-corrected chi connectivity index (χ0v) is 10.9. The maximum atomic E-state index is 13.5. The summed E-state index contributed by atoms with van der Waals surface area (Å²) < 4.78 is 18.8. The van der Waals surface area contributed by atoms with Crippen molar-refractivity contribution in [1.29, 1.82) is 0 Å². The summed E-state index contributed by atoms with van der Waals surface area (Å²) >= 11 is 5.69. The number of likely N-dealkylation sites (N-methyl/N-ethyl adjacent to an activating group) is 1. The molecular formula is C14H15ClFNO. The third kappa shape index (κ3) is 3.12. The summed E-state index contributed by atoms with van der Waals surface area (Å²) in [4.78, 5) is 0. The van der Waals surface area contributed by atoms with Crippen molar-refractivity contribution in [2.75, 3.05) is 6.54 Å². The minimum absolute atomic E-state index is 0.0212. The highest BCUT2D eigenvalue weighted by molar-refractivity contribution is 6.30. The molecular weight excluding hydrogens is 253 g/mol. The van der Waals surface area contributed by atoms with Gasteiger partial charge in [-0.2, -0.15) is 0 Å². The number of benzene rings is 1. The van der Waals surface area contributed by atoms with E-state index in [0.29, 0.717) is 6.42 Å². The molecule has 0 fully saturated rings. The van der Waals surface area contributed by atoms with Crippen LogP contribution in [0.25, 0.3) is 0 Å². The Morgan fingerprint density at radius 1 is 1.39 bits per heavy atom. The molecule has 2 rings (SSSR count). The third-order valence-corrected chi connectivity index (χ3v) is 3.09. The van der Waals surface area contributed by atoms with Crippen molar-refractivity contribution in [3.8, 4) is 0 Å². The van der Waals surface area contributed by atoms with E-state index in [9.17, 15) is 4.39 Å². The minimum Gasteiger partial charge on any atom is -0.469 e. The number of nitrogens with one attached hydrogen (secondary N) is 1. The summed E-state index contributed by atoms with van der Waals surface area (Å²) in [6.45, 7) is 2.82. The van der Waals surface area contributed by atoms with Gasteiger partial charge in [0, 0.05) is 12.5 Å². The predicted octanol–water partition coefficient (Wildman–Crippen LogP) is 3.97. The van der Waals surface area contributed by atoms with E-state index in [0.717, 1.165) is 17.9 Å². The van der Waals surface area contributed by atoms with E-state index in [1.54, 1.807) is 12.3 Å². The zero-order valence-electron chi connectivity index (χ0n) is 10.1. The highest BCUT2D eigenvalue weighted by atomic mass is 35.5. The fraction of sp³-hybridized carbons (Fsp3) is 0.286. The molecule has 0 saturated heterocycles. The Balaban J connectivity index is 2.20. The van der Waals surface area contributed by atoms with Gasteiger partial charge in [0.05, 0.1) is 11.3 Å². The van der Waals surface area contributed by atoms with E-state index in [-0.39, 0.29) is 11.1 Å². The fourth-order valence-electron chi connectivity index (χ4n) is 1.91. The van der Waals surface area contributed by atoms with Crippen LogP contribution in [0.15, 0.2) is 41.0 Å². The molecule has 0 spiro atoms. The summed E-state index contributed by atoms with van der Waals surface area (Å²) in [7, 11) is 0. The lowest BCUT2D eigenvalue weighted by Crippen LogP contribution is -2.22. The molecule has 0 aliphatic rings.